The number of benzene rings is 1. The Morgan fingerprint density at radius 2 is 2.00 bits per heavy atom. The first-order valence-corrected chi connectivity index (χ1v) is 11.7. The van der Waals surface area contributed by atoms with Gasteiger partial charge in [-0.2, -0.15) is 0 Å². The number of rotatable bonds is 8. The third-order valence-corrected chi connectivity index (χ3v) is 6.57. The summed E-state index contributed by atoms with van der Waals surface area (Å²) in [5, 5.41) is 9.53. The Hall–Kier alpha value is -1.84. The smallest absolute Gasteiger partial charge is 0.315 e. The van der Waals surface area contributed by atoms with E-state index in [0.29, 0.717) is 47.7 Å². The summed E-state index contributed by atoms with van der Waals surface area (Å²) in [6.45, 7) is 6.11. The molecule has 0 radical (unpaired) electrons. The largest absolute Gasteiger partial charge is 0.374 e. The summed E-state index contributed by atoms with van der Waals surface area (Å²) in [4.78, 5) is 27.8. The van der Waals surface area contributed by atoms with E-state index in [0.717, 1.165) is 23.5 Å². The molecule has 1 aliphatic heterocycles. The molecule has 3 amide bonds. The van der Waals surface area contributed by atoms with Crippen molar-refractivity contribution in [2.45, 2.75) is 26.1 Å². The lowest BCUT2D eigenvalue weighted by Crippen LogP contribution is -2.48. The van der Waals surface area contributed by atoms with Crippen molar-refractivity contribution in [1.82, 2.24) is 20.9 Å². The third kappa shape index (κ3) is 7.36. The van der Waals surface area contributed by atoms with Crippen molar-refractivity contribution in [2.75, 3.05) is 32.8 Å². The van der Waals surface area contributed by atoms with Crippen molar-refractivity contribution in [2.24, 2.45) is 0 Å². The highest BCUT2D eigenvalue weighted by molar-refractivity contribution is 7.14. The Bertz CT molecular complexity index is 909. The van der Waals surface area contributed by atoms with Crippen molar-refractivity contribution in [3.63, 3.8) is 0 Å². The van der Waals surface area contributed by atoms with Crippen molar-refractivity contribution in [3.8, 4) is 0 Å². The predicted octanol–water partition coefficient (Wildman–Crippen LogP) is 3.50. The Kier molecular flexibility index (Phi) is 8.98. The van der Waals surface area contributed by atoms with Gasteiger partial charge >= 0.3 is 6.03 Å². The molecule has 7 nitrogen and oxygen atoms in total. The topological polar surface area (TPSA) is 82.7 Å². The van der Waals surface area contributed by atoms with Gasteiger partial charge in [0.1, 0.15) is 0 Å². The lowest BCUT2D eigenvalue weighted by atomic mass is 10.2. The van der Waals surface area contributed by atoms with Crippen molar-refractivity contribution in [1.29, 1.82) is 0 Å². The van der Waals surface area contributed by atoms with Crippen LogP contribution in [0.1, 0.15) is 27.0 Å². The van der Waals surface area contributed by atoms with Crippen LogP contribution in [0.2, 0.25) is 10.0 Å². The predicted molar refractivity (Wildman–Crippen MR) is 124 cm³/mol. The Morgan fingerprint density at radius 1 is 1.16 bits per heavy atom. The molecule has 1 aliphatic rings. The number of nitrogens with one attached hydrogen (secondary N) is 3. The number of carbonyl (C=O) groups is 2. The summed E-state index contributed by atoms with van der Waals surface area (Å²) < 4.78 is 5.78. The number of halogens is 2. The minimum absolute atomic E-state index is 0.0895. The number of carbonyl (C=O) groups excluding carboxylic acids is 2. The second-order valence-corrected chi connectivity index (χ2v) is 9.15. The van der Waals surface area contributed by atoms with E-state index in [-0.39, 0.29) is 18.0 Å². The molecule has 1 atom stereocenters. The molecule has 31 heavy (non-hydrogen) atoms. The molecule has 0 aliphatic carbocycles. The minimum Gasteiger partial charge on any atom is -0.374 e. The summed E-state index contributed by atoms with van der Waals surface area (Å²) in [7, 11) is 0. The third-order valence-electron chi connectivity index (χ3n) is 4.75. The lowest BCUT2D eigenvalue weighted by Gasteiger charge is -2.33. The average molecular weight is 485 g/mol. The maximum absolute atomic E-state index is 12.2. The van der Waals surface area contributed by atoms with Crippen LogP contribution in [-0.4, -0.2) is 55.7 Å². The van der Waals surface area contributed by atoms with Crippen LogP contribution in [0.15, 0.2) is 30.3 Å². The molecule has 1 aromatic heterocycles. The SMILES string of the molecule is CCNC(=O)c1ccc(CNC(=O)NC[C@H]2CN(Cc3ccc(Cl)c(Cl)c3)CCO2)s1. The van der Waals surface area contributed by atoms with Gasteiger partial charge in [0.05, 0.1) is 34.2 Å². The fraction of sp³-hybridized carbons (Fsp3) is 0.429. The highest BCUT2D eigenvalue weighted by atomic mass is 35.5. The van der Waals surface area contributed by atoms with Crippen molar-refractivity contribution < 1.29 is 14.3 Å². The number of hydrogen-bond donors (Lipinski definition) is 3. The summed E-state index contributed by atoms with van der Waals surface area (Å²) >= 11 is 13.5. The number of morpholine rings is 1. The lowest BCUT2D eigenvalue weighted by molar-refractivity contribution is -0.0287. The van der Waals surface area contributed by atoms with Gasteiger partial charge in [0.25, 0.3) is 5.91 Å². The molecule has 0 bridgehead atoms. The quantitative estimate of drug-likeness (QED) is 0.535. The van der Waals surface area contributed by atoms with Crippen LogP contribution < -0.4 is 16.0 Å². The van der Waals surface area contributed by atoms with Crippen molar-refractivity contribution >= 4 is 46.5 Å². The van der Waals surface area contributed by atoms with E-state index in [1.807, 2.05) is 25.1 Å². The van der Waals surface area contributed by atoms with Gasteiger partial charge < -0.3 is 20.7 Å². The van der Waals surface area contributed by atoms with Gasteiger partial charge in [0, 0.05) is 37.6 Å². The maximum Gasteiger partial charge on any atom is 0.315 e. The van der Waals surface area contributed by atoms with E-state index in [9.17, 15) is 9.59 Å². The standard InChI is InChI=1S/C21H26Cl2N4O3S/c1-2-24-20(28)19-6-4-16(31-19)11-26-21(29)25-10-15-13-27(7-8-30-15)12-14-3-5-17(22)18(23)9-14/h3-6,9,15H,2,7-8,10-13H2,1H3,(H,24,28)(H2,25,26,29)/t15-/m0/s1. The molecule has 2 aromatic rings. The molecule has 168 valence electrons. The molecule has 0 spiro atoms. The van der Waals surface area contributed by atoms with Crippen LogP contribution in [0, 0.1) is 0 Å². The Morgan fingerprint density at radius 3 is 2.77 bits per heavy atom. The first-order chi connectivity index (χ1) is 14.9. The minimum atomic E-state index is -0.266. The van der Waals surface area contributed by atoms with Gasteiger partial charge in [0.15, 0.2) is 0 Å². The molecule has 2 heterocycles. The number of urea groups is 1. The van der Waals surface area contributed by atoms with Gasteiger partial charge in [-0.1, -0.05) is 29.3 Å². The van der Waals surface area contributed by atoms with Crippen LogP contribution in [0.3, 0.4) is 0 Å². The van der Waals surface area contributed by atoms with E-state index in [1.54, 1.807) is 12.1 Å². The van der Waals surface area contributed by atoms with Crippen LogP contribution >= 0.6 is 34.5 Å². The number of nitrogens with zero attached hydrogens (tertiary/aromatic N) is 1. The normalized spacial score (nSPS) is 16.7. The van der Waals surface area contributed by atoms with Gasteiger partial charge in [0.2, 0.25) is 0 Å². The van der Waals surface area contributed by atoms with Crippen LogP contribution in [-0.2, 0) is 17.8 Å². The van der Waals surface area contributed by atoms with E-state index >= 15 is 0 Å². The summed E-state index contributed by atoms with van der Waals surface area (Å²) in [6, 6.07) is 8.99. The van der Waals surface area contributed by atoms with Crippen LogP contribution in [0.25, 0.3) is 0 Å². The number of ether oxygens (including phenoxy) is 1. The first-order valence-electron chi connectivity index (χ1n) is 10.1. The van der Waals surface area contributed by atoms with Crippen molar-refractivity contribution in [3.05, 3.63) is 55.7 Å². The second kappa shape index (κ2) is 11.7. The van der Waals surface area contributed by atoms with Gasteiger partial charge in [-0.25, -0.2) is 4.79 Å². The molecular formula is C21H26Cl2N4O3S. The Balaban J connectivity index is 1.39. The fourth-order valence-electron chi connectivity index (χ4n) is 3.22. The average Bonchev–Trinajstić information content (AvgIpc) is 3.23. The van der Waals surface area contributed by atoms with Gasteiger partial charge in [-0.15, -0.1) is 11.3 Å². The molecule has 0 unspecified atom stereocenters. The van der Waals surface area contributed by atoms with E-state index in [2.05, 4.69) is 20.9 Å². The monoisotopic (exact) mass is 484 g/mol. The van der Waals surface area contributed by atoms with E-state index in [4.69, 9.17) is 27.9 Å². The molecule has 1 saturated heterocycles. The van der Waals surface area contributed by atoms with E-state index in [1.165, 1.54) is 11.3 Å². The fourth-order valence-corrected chi connectivity index (χ4v) is 4.41. The molecule has 0 saturated carbocycles. The van der Waals surface area contributed by atoms with Crippen LogP contribution in [0.4, 0.5) is 4.79 Å². The zero-order valence-corrected chi connectivity index (χ0v) is 19.6. The Labute approximate surface area is 196 Å². The second-order valence-electron chi connectivity index (χ2n) is 7.17. The molecule has 3 rings (SSSR count). The summed E-state index contributed by atoms with van der Waals surface area (Å²) in [5.74, 6) is -0.0944. The van der Waals surface area contributed by atoms with E-state index < -0.39 is 0 Å². The highest BCUT2D eigenvalue weighted by Gasteiger charge is 2.21. The highest BCUT2D eigenvalue weighted by Crippen LogP contribution is 2.23. The number of thiophene rings is 1. The number of amides is 3. The summed E-state index contributed by atoms with van der Waals surface area (Å²) in [6.07, 6.45) is -0.0895. The summed E-state index contributed by atoms with van der Waals surface area (Å²) in [5.41, 5.74) is 1.09. The van der Waals surface area contributed by atoms with Crippen LogP contribution in [0.5, 0.6) is 0 Å². The van der Waals surface area contributed by atoms with Gasteiger partial charge in [-0.3, -0.25) is 9.69 Å². The molecule has 1 fully saturated rings. The zero-order valence-electron chi connectivity index (χ0n) is 17.2. The zero-order chi connectivity index (χ0) is 22.2. The van der Waals surface area contributed by atoms with Gasteiger partial charge in [-0.05, 0) is 36.8 Å². The number of hydrogen-bond acceptors (Lipinski definition) is 5. The first kappa shape index (κ1) is 23.8. The maximum atomic E-state index is 12.2. The molecule has 3 N–H and O–H groups in total. The molecular weight excluding hydrogens is 459 g/mol. The molecule has 10 heteroatoms. The molecule has 1 aromatic carbocycles.